The molecule has 0 saturated carbocycles. The van der Waals surface area contributed by atoms with Crippen molar-refractivity contribution in [1.29, 1.82) is 0 Å². The minimum atomic E-state index is -1.68. The first-order valence-electron chi connectivity index (χ1n) is 27.2. The quantitative estimate of drug-likeness (QED) is 0.0112. The lowest BCUT2D eigenvalue weighted by Gasteiger charge is -2.28. The molecular formula is C56H73N15O14S. The highest BCUT2D eigenvalue weighted by atomic mass is 32.2. The molecule has 8 amide bonds. The number of carboxylic acid groups (broad SMARTS) is 2. The summed E-state index contributed by atoms with van der Waals surface area (Å²) in [6.45, 7) is -1.68. The van der Waals surface area contributed by atoms with Crippen molar-refractivity contribution in [3.05, 3.63) is 120 Å². The number of aromatic nitrogens is 3. The number of nitrogens with one attached hydrogen (secondary N) is 10. The van der Waals surface area contributed by atoms with Crippen LogP contribution in [0, 0.1) is 0 Å². The van der Waals surface area contributed by atoms with E-state index in [0.717, 1.165) is 10.9 Å². The van der Waals surface area contributed by atoms with E-state index in [4.69, 9.17) is 17.2 Å². The van der Waals surface area contributed by atoms with Crippen molar-refractivity contribution in [1.82, 2.24) is 57.5 Å². The number of aliphatic hydroxyl groups excluding tert-OH is 1. The molecule has 8 unspecified atom stereocenters. The first-order valence-corrected chi connectivity index (χ1v) is 28.6. The van der Waals surface area contributed by atoms with Crippen molar-refractivity contribution in [3.8, 4) is 5.75 Å². The van der Waals surface area contributed by atoms with Gasteiger partial charge >= 0.3 is 11.9 Å². The number of aromatic hydroxyl groups is 1. The molecule has 29 nitrogen and oxygen atoms in total. The molecule has 0 aliphatic rings. The number of para-hydroxylation sites is 1. The zero-order valence-corrected chi connectivity index (χ0v) is 47.8. The van der Waals surface area contributed by atoms with Crippen LogP contribution >= 0.6 is 11.8 Å². The average Bonchev–Trinajstić information content (AvgIpc) is 3.61. The Labute approximate surface area is 497 Å². The number of H-pyrrole nitrogens is 2. The summed E-state index contributed by atoms with van der Waals surface area (Å²) < 4.78 is 0. The Morgan fingerprint density at radius 2 is 1.13 bits per heavy atom. The third-order valence-electron chi connectivity index (χ3n) is 13.3. The molecule has 2 heterocycles. The summed E-state index contributed by atoms with van der Waals surface area (Å²) in [7, 11) is 0. The number of imidazole rings is 1. The van der Waals surface area contributed by atoms with Gasteiger partial charge in [-0.05, 0) is 79.0 Å². The highest BCUT2D eigenvalue weighted by Gasteiger charge is 2.35. The Morgan fingerprint density at radius 3 is 1.71 bits per heavy atom. The van der Waals surface area contributed by atoms with E-state index in [2.05, 4.69) is 62.5 Å². The maximum Gasteiger partial charge on any atom is 0.322 e. The van der Waals surface area contributed by atoms with Crippen LogP contribution < -0.4 is 59.7 Å². The Hall–Kier alpha value is -9.55. The van der Waals surface area contributed by atoms with Crippen LogP contribution in [-0.2, 0) is 73.6 Å². The molecule has 0 aliphatic heterocycles. The van der Waals surface area contributed by atoms with E-state index in [1.165, 1.54) is 36.4 Å². The summed E-state index contributed by atoms with van der Waals surface area (Å²) in [4.78, 5) is 150. The first-order chi connectivity index (χ1) is 41.1. The van der Waals surface area contributed by atoms with E-state index < -0.39 is 134 Å². The highest BCUT2D eigenvalue weighted by molar-refractivity contribution is 7.98. The number of benzene rings is 3. The van der Waals surface area contributed by atoms with E-state index in [1.807, 2.05) is 0 Å². The molecule has 5 aromatic rings. The van der Waals surface area contributed by atoms with Crippen molar-refractivity contribution in [3.63, 3.8) is 0 Å². The third-order valence-corrected chi connectivity index (χ3v) is 14.0. The number of aliphatic hydroxyl groups is 1. The number of aliphatic carboxylic acids is 2. The van der Waals surface area contributed by atoms with Crippen molar-refractivity contribution >= 4 is 87.8 Å². The SMILES string of the molecule is CSCCC(NC(=O)C(CO)NC(=O)C(N)Cc1ccc(O)cc1)C(=O)NC(CCC(=O)O)C(=O)NC(Cc1cnc[nH]1)C(=O)NC(Cc1ccccc1)C(=O)NC(CCCN=C(N)N)C(=O)NC(Cc1c[nH]c2ccccc12)C(=O)NCC(=O)O. The third kappa shape index (κ3) is 22.2. The molecular weight excluding hydrogens is 1140 g/mol. The van der Waals surface area contributed by atoms with Gasteiger partial charge in [0, 0.05) is 61.2 Å². The van der Waals surface area contributed by atoms with E-state index in [-0.39, 0.29) is 69.0 Å². The fourth-order valence-corrected chi connectivity index (χ4v) is 9.27. The maximum absolute atomic E-state index is 14.7. The van der Waals surface area contributed by atoms with Crippen molar-refractivity contribution < 1.29 is 68.4 Å². The monoisotopic (exact) mass is 1210 g/mol. The number of phenols is 1. The second-order valence-corrected chi connectivity index (χ2v) is 20.9. The molecule has 3 aromatic carbocycles. The van der Waals surface area contributed by atoms with E-state index in [9.17, 15) is 68.4 Å². The van der Waals surface area contributed by atoms with E-state index >= 15 is 0 Å². The zero-order valence-electron chi connectivity index (χ0n) is 47.0. The smallest absolute Gasteiger partial charge is 0.322 e. The lowest BCUT2D eigenvalue weighted by molar-refractivity contribution is -0.139. The highest BCUT2D eigenvalue weighted by Crippen LogP contribution is 2.20. The fraction of sp³-hybridized carbons (Fsp3) is 0.393. The summed E-state index contributed by atoms with van der Waals surface area (Å²) in [6, 6.07) is 9.66. The average molecular weight is 1210 g/mol. The zero-order chi connectivity index (χ0) is 62.7. The normalized spacial score (nSPS) is 13.8. The van der Waals surface area contributed by atoms with Crippen LogP contribution in [0.3, 0.4) is 0 Å². The van der Waals surface area contributed by atoms with Crippen LogP contribution in [-0.4, -0.2) is 181 Å². The van der Waals surface area contributed by atoms with Gasteiger partial charge in [0.25, 0.3) is 0 Å². The Morgan fingerprint density at radius 1 is 0.593 bits per heavy atom. The molecule has 0 fully saturated rings. The molecule has 30 heteroatoms. The summed E-state index contributed by atoms with van der Waals surface area (Å²) in [5, 5.41) is 59.8. The molecule has 8 atom stereocenters. The number of aromatic amines is 2. The number of hydrogen-bond acceptors (Lipinski definition) is 16. The Bertz CT molecular complexity index is 3130. The van der Waals surface area contributed by atoms with Crippen molar-refractivity contribution in [2.45, 2.75) is 106 Å². The molecule has 0 saturated heterocycles. The number of carboxylic acids is 2. The van der Waals surface area contributed by atoms with Crippen LogP contribution in [0.2, 0.25) is 0 Å². The molecule has 0 aliphatic carbocycles. The Kier molecular flexibility index (Phi) is 26.8. The van der Waals surface area contributed by atoms with Gasteiger partial charge in [-0.25, -0.2) is 4.98 Å². The van der Waals surface area contributed by atoms with Gasteiger partial charge in [-0.3, -0.25) is 52.9 Å². The van der Waals surface area contributed by atoms with Crippen LogP contribution in [0.5, 0.6) is 5.75 Å². The summed E-state index contributed by atoms with van der Waals surface area (Å²) >= 11 is 1.29. The molecule has 5 rings (SSSR count). The van der Waals surface area contributed by atoms with Crippen LogP contribution in [0.25, 0.3) is 10.9 Å². The molecule has 20 N–H and O–H groups in total. The number of rotatable bonds is 36. The number of phenolic OH excluding ortho intramolecular Hbond substituents is 1. The lowest BCUT2D eigenvalue weighted by Crippen LogP contribution is -2.61. The first kappa shape index (κ1) is 67.2. The summed E-state index contributed by atoms with van der Waals surface area (Å²) in [6.07, 6.45) is 4.12. The van der Waals surface area contributed by atoms with Crippen molar-refractivity contribution in [2.75, 3.05) is 31.7 Å². The number of nitrogens with zero attached hydrogens (tertiary/aromatic N) is 2. The number of carbonyl (C=O) groups is 10. The van der Waals surface area contributed by atoms with Crippen molar-refractivity contribution in [2.24, 2.45) is 22.2 Å². The fourth-order valence-electron chi connectivity index (χ4n) is 8.80. The molecule has 0 bridgehead atoms. The van der Waals surface area contributed by atoms with Gasteiger partial charge in [-0.2, -0.15) is 11.8 Å². The number of aliphatic imine (C=N–C) groups is 1. The van der Waals surface area contributed by atoms with Crippen LogP contribution in [0.15, 0.2) is 103 Å². The number of nitrogens with two attached hydrogens (primary N) is 3. The second kappa shape index (κ2) is 34.3. The lowest BCUT2D eigenvalue weighted by atomic mass is 10.0. The number of thioether (sulfide) groups is 1. The largest absolute Gasteiger partial charge is 0.508 e. The van der Waals surface area contributed by atoms with E-state index in [1.54, 1.807) is 79.2 Å². The van der Waals surface area contributed by atoms with Gasteiger partial charge in [0.1, 0.15) is 54.6 Å². The molecule has 0 spiro atoms. The van der Waals surface area contributed by atoms with E-state index in [0.29, 0.717) is 22.4 Å². The molecule has 462 valence electrons. The topological polar surface area (TPSA) is 483 Å². The van der Waals surface area contributed by atoms with Gasteiger partial charge < -0.3 is 90.1 Å². The standard InChI is InChI=1S/C56H73N15O14S/c1-86-21-19-41(67-55(85)45(29-72)71-48(78)37(57)22-32-13-15-35(73)16-14-32)52(82)66-40(17-18-46(74)75)51(81)70-44(25-34-27-60-30-64-34)54(84)68-42(23-31-8-3-2-4-9-31)53(83)65-39(12-7-20-61-56(58)59)50(80)69-43(49(79)63-28-47(76)77)24-33-26-62-38-11-6-5-10-36(33)38/h2-6,8-11,13-16,26-27,30,37,39-45,62,72-73H,7,12,17-25,28-29,57H2,1H3,(H,60,64)(H,63,79)(H,65,83)(H,66,82)(H,67,85)(H,68,84)(H,69,80)(H,70,81)(H,71,78)(H,74,75)(H,76,77)(H4,58,59,61). The summed E-state index contributed by atoms with van der Waals surface area (Å²) in [5.41, 5.74) is 19.9. The van der Waals surface area contributed by atoms with Crippen LogP contribution in [0.4, 0.5) is 0 Å². The number of hydrogen-bond donors (Lipinski definition) is 17. The van der Waals surface area contributed by atoms with Gasteiger partial charge in [0.05, 0.1) is 19.0 Å². The number of guanidine groups is 1. The molecule has 2 aromatic heterocycles. The molecule has 0 radical (unpaired) electrons. The Balaban J connectivity index is 1.39. The number of carbonyl (C=O) groups excluding carboxylic acids is 8. The van der Waals surface area contributed by atoms with Gasteiger partial charge in [0.15, 0.2) is 5.96 Å². The minimum Gasteiger partial charge on any atom is -0.508 e. The predicted molar refractivity (Wildman–Crippen MR) is 315 cm³/mol. The summed E-state index contributed by atoms with van der Waals surface area (Å²) in [5.74, 6) is -10.1. The predicted octanol–water partition coefficient (Wildman–Crippen LogP) is -2.55. The molecule has 86 heavy (non-hydrogen) atoms. The van der Waals surface area contributed by atoms with Crippen LogP contribution in [0.1, 0.15) is 54.5 Å². The minimum absolute atomic E-state index is 0.00158. The van der Waals surface area contributed by atoms with Gasteiger partial charge in [-0.1, -0.05) is 60.7 Å². The maximum atomic E-state index is 14.7. The van der Waals surface area contributed by atoms with Gasteiger partial charge in [-0.15, -0.1) is 0 Å². The number of fused-ring (bicyclic) bond motifs is 1. The number of amides is 8. The van der Waals surface area contributed by atoms with Gasteiger partial charge in [0.2, 0.25) is 47.3 Å². The second-order valence-electron chi connectivity index (χ2n) is 19.9.